The van der Waals surface area contributed by atoms with Crippen LogP contribution in [0.4, 0.5) is 0 Å². The van der Waals surface area contributed by atoms with E-state index in [1.807, 2.05) is 23.1 Å². The Morgan fingerprint density at radius 1 is 1.03 bits per heavy atom. The Morgan fingerprint density at radius 3 is 2.59 bits per heavy atom. The first-order valence-electron chi connectivity index (χ1n) is 11.2. The number of carbonyl (C=O) groups excluding carboxylic acids is 1. The summed E-state index contributed by atoms with van der Waals surface area (Å²) in [6, 6.07) is 12.3. The molecule has 5 rings (SSSR count). The van der Waals surface area contributed by atoms with Gasteiger partial charge in [-0.3, -0.25) is 14.7 Å². The van der Waals surface area contributed by atoms with Gasteiger partial charge in [-0.1, -0.05) is 37.1 Å². The molecule has 0 radical (unpaired) electrons. The lowest BCUT2D eigenvalue weighted by Crippen LogP contribution is -2.57. The zero-order valence-electron chi connectivity index (χ0n) is 17.1. The van der Waals surface area contributed by atoms with Gasteiger partial charge in [0.15, 0.2) is 0 Å². The number of hydrogen-bond donors (Lipinski definition) is 1. The highest BCUT2D eigenvalue weighted by atomic mass is 16.3. The van der Waals surface area contributed by atoms with Crippen LogP contribution in [0.2, 0.25) is 0 Å². The van der Waals surface area contributed by atoms with E-state index in [0.717, 1.165) is 55.4 Å². The van der Waals surface area contributed by atoms with E-state index in [2.05, 4.69) is 23.1 Å². The maximum Gasteiger partial charge on any atom is 0.243 e. The van der Waals surface area contributed by atoms with Crippen molar-refractivity contribution in [3.05, 3.63) is 42.1 Å². The molecule has 2 saturated heterocycles. The molecule has 1 N–H and O–H groups in total. The molecule has 1 aromatic carbocycles. The molecule has 0 bridgehead atoms. The van der Waals surface area contributed by atoms with E-state index < -0.39 is 6.10 Å². The number of pyridine rings is 1. The number of amides is 1. The van der Waals surface area contributed by atoms with Crippen LogP contribution >= 0.6 is 0 Å². The van der Waals surface area contributed by atoms with Crippen molar-refractivity contribution < 1.29 is 9.90 Å². The quantitative estimate of drug-likeness (QED) is 0.868. The second-order valence-corrected chi connectivity index (χ2v) is 9.17. The molecule has 29 heavy (non-hydrogen) atoms. The number of fused-ring (bicyclic) bond motifs is 1. The minimum Gasteiger partial charge on any atom is -0.391 e. The molecule has 1 aliphatic carbocycles. The van der Waals surface area contributed by atoms with Crippen LogP contribution in [0.3, 0.4) is 0 Å². The average molecular weight is 394 g/mol. The zero-order chi connectivity index (χ0) is 19.8. The van der Waals surface area contributed by atoms with Crippen molar-refractivity contribution in [1.82, 2.24) is 14.8 Å². The largest absolute Gasteiger partial charge is 0.391 e. The summed E-state index contributed by atoms with van der Waals surface area (Å²) in [5.41, 5.74) is 1.69. The van der Waals surface area contributed by atoms with Crippen molar-refractivity contribution in [2.24, 2.45) is 5.92 Å². The molecule has 3 heterocycles. The number of carbonyl (C=O) groups is 1. The average Bonchev–Trinajstić information content (AvgIpc) is 3.49. The van der Waals surface area contributed by atoms with Gasteiger partial charge < -0.3 is 10.0 Å². The van der Waals surface area contributed by atoms with Crippen molar-refractivity contribution in [3.63, 3.8) is 0 Å². The Balaban J connectivity index is 1.31. The van der Waals surface area contributed by atoms with E-state index in [1.54, 1.807) is 0 Å². The minimum absolute atomic E-state index is 0.0599. The maximum atomic E-state index is 13.6. The van der Waals surface area contributed by atoms with Crippen molar-refractivity contribution in [2.45, 2.75) is 56.6 Å². The van der Waals surface area contributed by atoms with E-state index in [4.69, 9.17) is 4.98 Å². The van der Waals surface area contributed by atoms with Gasteiger partial charge in [0, 0.05) is 30.1 Å². The predicted octanol–water partition coefficient (Wildman–Crippen LogP) is 3.01. The molecule has 2 aliphatic heterocycles. The Morgan fingerprint density at radius 2 is 1.79 bits per heavy atom. The summed E-state index contributed by atoms with van der Waals surface area (Å²) in [5.74, 6) is 0.328. The van der Waals surface area contributed by atoms with Gasteiger partial charge in [0.1, 0.15) is 5.54 Å². The Kier molecular flexibility index (Phi) is 5.04. The van der Waals surface area contributed by atoms with Gasteiger partial charge in [0.25, 0.3) is 0 Å². The van der Waals surface area contributed by atoms with Crippen LogP contribution in [0.25, 0.3) is 10.9 Å². The van der Waals surface area contributed by atoms with Crippen LogP contribution in [-0.4, -0.2) is 63.6 Å². The summed E-state index contributed by atoms with van der Waals surface area (Å²) in [7, 11) is 0. The molecule has 1 aromatic heterocycles. The van der Waals surface area contributed by atoms with Crippen molar-refractivity contribution in [2.75, 3.05) is 26.2 Å². The van der Waals surface area contributed by atoms with E-state index in [9.17, 15) is 9.90 Å². The summed E-state index contributed by atoms with van der Waals surface area (Å²) >= 11 is 0. The highest BCUT2D eigenvalue weighted by Gasteiger charge is 2.50. The molecule has 154 valence electrons. The van der Waals surface area contributed by atoms with Gasteiger partial charge in [-0.15, -0.1) is 0 Å². The summed E-state index contributed by atoms with van der Waals surface area (Å²) in [5, 5.41) is 11.9. The molecule has 5 nitrogen and oxygen atoms in total. The SMILES string of the molecule is O=C(N1C[C@@H](Cc2ccc3ccccc3n2)[C@H](O)C1)C1(N2CCCC2)CCCC1. The van der Waals surface area contributed by atoms with Gasteiger partial charge in [0.2, 0.25) is 5.91 Å². The maximum absolute atomic E-state index is 13.6. The number of aliphatic hydroxyl groups excluding tert-OH is 1. The molecular formula is C24H31N3O2. The fourth-order valence-corrected chi connectivity index (χ4v) is 5.78. The first-order chi connectivity index (χ1) is 14.2. The van der Waals surface area contributed by atoms with Gasteiger partial charge in [-0.25, -0.2) is 0 Å². The molecule has 1 saturated carbocycles. The molecule has 3 aliphatic rings. The second-order valence-electron chi connectivity index (χ2n) is 9.17. The van der Waals surface area contributed by atoms with E-state index in [-0.39, 0.29) is 17.4 Å². The van der Waals surface area contributed by atoms with Gasteiger partial charge in [-0.2, -0.15) is 0 Å². The topological polar surface area (TPSA) is 56.7 Å². The van der Waals surface area contributed by atoms with Crippen molar-refractivity contribution in [1.29, 1.82) is 0 Å². The Labute approximate surface area is 172 Å². The lowest BCUT2D eigenvalue weighted by molar-refractivity contribution is -0.143. The van der Waals surface area contributed by atoms with Gasteiger partial charge >= 0.3 is 0 Å². The van der Waals surface area contributed by atoms with Crippen molar-refractivity contribution in [3.8, 4) is 0 Å². The van der Waals surface area contributed by atoms with Crippen LogP contribution in [0, 0.1) is 5.92 Å². The molecule has 1 amide bonds. The number of nitrogens with zero attached hydrogens (tertiary/aromatic N) is 3. The number of β-amino-alcohol motifs (C(OH)–C–C–N with tert-alkyl or cyclic N) is 1. The molecule has 0 spiro atoms. The van der Waals surface area contributed by atoms with Crippen LogP contribution < -0.4 is 0 Å². The van der Waals surface area contributed by atoms with Crippen LogP contribution in [0.15, 0.2) is 36.4 Å². The number of likely N-dealkylation sites (tertiary alicyclic amines) is 2. The highest BCUT2D eigenvalue weighted by molar-refractivity contribution is 5.87. The predicted molar refractivity (Wildman–Crippen MR) is 114 cm³/mol. The number of para-hydroxylation sites is 1. The standard InChI is InChI=1S/C24H31N3O2/c28-22-17-26(23(29)24(11-3-4-12-24)27-13-5-6-14-27)16-19(22)15-20-10-9-18-7-1-2-8-21(18)25-20/h1-2,7-10,19,22,28H,3-6,11-17H2/t19-,22-/m1/s1. The lowest BCUT2D eigenvalue weighted by atomic mass is 9.93. The molecule has 2 atom stereocenters. The zero-order valence-corrected chi connectivity index (χ0v) is 17.1. The van der Waals surface area contributed by atoms with Crippen LogP contribution in [0.1, 0.15) is 44.2 Å². The first-order valence-corrected chi connectivity index (χ1v) is 11.2. The highest BCUT2D eigenvalue weighted by Crippen LogP contribution is 2.40. The molecule has 3 fully saturated rings. The van der Waals surface area contributed by atoms with Crippen molar-refractivity contribution >= 4 is 16.8 Å². The van der Waals surface area contributed by atoms with Gasteiger partial charge in [-0.05, 0) is 57.3 Å². The van der Waals surface area contributed by atoms with E-state index in [0.29, 0.717) is 19.5 Å². The van der Waals surface area contributed by atoms with Gasteiger partial charge in [0.05, 0.1) is 11.6 Å². The van der Waals surface area contributed by atoms with E-state index >= 15 is 0 Å². The number of aromatic nitrogens is 1. The third-order valence-corrected chi connectivity index (χ3v) is 7.36. The number of rotatable bonds is 4. The molecular weight excluding hydrogens is 362 g/mol. The third kappa shape index (κ3) is 3.44. The summed E-state index contributed by atoms with van der Waals surface area (Å²) in [4.78, 5) is 22.8. The monoisotopic (exact) mass is 393 g/mol. The minimum atomic E-state index is -0.468. The number of benzene rings is 1. The van der Waals surface area contributed by atoms with Crippen LogP contribution in [0.5, 0.6) is 0 Å². The Hall–Kier alpha value is -1.98. The van der Waals surface area contributed by atoms with E-state index in [1.165, 1.54) is 12.8 Å². The Bertz CT molecular complexity index is 887. The smallest absolute Gasteiger partial charge is 0.243 e. The summed E-state index contributed by atoms with van der Waals surface area (Å²) < 4.78 is 0. The number of hydrogen-bond acceptors (Lipinski definition) is 4. The first kappa shape index (κ1) is 19.0. The fraction of sp³-hybridized carbons (Fsp3) is 0.583. The number of aliphatic hydroxyl groups is 1. The molecule has 0 unspecified atom stereocenters. The summed E-state index contributed by atoms with van der Waals surface area (Å²) in [6.45, 7) is 3.20. The normalized spacial score (nSPS) is 27.1. The molecule has 5 heteroatoms. The lowest BCUT2D eigenvalue weighted by Gasteiger charge is -2.40. The fourth-order valence-electron chi connectivity index (χ4n) is 5.78. The third-order valence-electron chi connectivity index (χ3n) is 7.36. The van der Waals surface area contributed by atoms with Crippen LogP contribution in [-0.2, 0) is 11.2 Å². The molecule has 2 aromatic rings. The summed E-state index contributed by atoms with van der Waals surface area (Å²) in [6.07, 6.45) is 6.90. The second kappa shape index (κ2) is 7.69.